The van der Waals surface area contributed by atoms with Crippen molar-refractivity contribution < 1.29 is 9.18 Å². The summed E-state index contributed by atoms with van der Waals surface area (Å²) in [5, 5.41) is 15.0. The van der Waals surface area contributed by atoms with E-state index in [4.69, 9.17) is 11.6 Å². The number of nitriles is 1. The third kappa shape index (κ3) is 4.69. The molecular formula is C27H18ClFN2O. The van der Waals surface area contributed by atoms with Crippen molar-refractivity contribution in [2.75, 3.05) is 5.32 Å². The molecule has 0 atom stereocenters. The van der Waals surface area contributed by atoms with Crippen LogP contribution in [0.5, 0.6) is 0 Å². The van der Waals surface area contributed by atoms with E-state index in [-0.39, 0.29) is 5.57 Å². The molecule has 32 heavy (non-hydrogen) atoms. The van der Waals surface area contributed by atoms with Gasteiger partial charge in [0.05, 0.1) is 0 Å². The molecule has 156 valence electrons. The number of amides is 1. The zero-order valence-electron chi connectivity index (χ0n) is 17.0. The summed E-state index contributed by atoms with van der Waals surface area (Å²) in [4.78, 5) is 12.8. The molecule has 4 aromatic rings. The van der Waals surface area contributed by atoms with Gasteiger partial charge in [-0.3, -0.25) is 4.79 Å². The molecule has 0 unspecified atom stereocenters. The van der Waals surface area contributed by atoms with Gasteiger partial charge in [0.15, 0.2) is 0 Å². The number of halogens is 2. The Morgan fingerprint density at radius 3 is 2.41 bits per heavy atom. The average molecular weight is 441 g/mol. The third-order valence-electron chi connectivity index (χ3n) is 5.16. The van der Waals surface area contributed by atoms with E-state index in [2.05, 4.69) is 5.32 Å². The van der Waals surface area contributed by atoms with Gasteiger partial charge >= 0.3 is 0 Å². The lowest BCUT2D eigenvalue weighted by molar-refractivity contribution is -0.112. The zero-order chi connectivity index (χ0) is 22.5. The van der Waals surface area contributed by atoms with Gasteiger partial charge in [0.25, 0.3) is 5.91 Å². The lowest BCUT2D eigenvalue weighted by Gasteiger charge is -2.12. The second kappa shape index (κ2) is 9.47. The molecule has 3 nitrogen and oxygen atoms in total. The Balaban J connectivity index is 1.77. The first kappa shape index (κ1) is 21.3. The molecule has 0 bridgehead atoms. The van der Waals surface area contributed by atoms with Crippen molar-refractivity contribution in [1.29, 1.82) is 5.26 Å². The van der Waals surface area contributed by atoms with Crippen molar-refractivity contribution in [3.63, 3.8) is 0 Å². The molecule has 0 aliphatic heterocycles. The predicted octanol–water partition coefficient (Wildman–Crippen LogP) is 6.77. The second-order valence-electron chi connectivity index (χ2n) is 7.26. The Morgan fingerprint density at radius 1 is 0.938 bits per heavy atom. The number of fused-ring (bicyclic) bond motifs is 1. The summed E-state index contributed by atoms with van der Waals surface area (Å²) in [6.45, 7) is 0. The van der Waals surface area contributed by atoms with Crippen LogP contribution >= 0.6 is 11.6 Å². The molecule has 0 aromatic heterocycles. The third-order valence-corrected chi connectivity index (χ3v) is 5.52. The van der Waals surface area contributed by atoms with Crippen LogP contribution in [-0.4, -0.2) is 5.91 Å². The van der Waals surface area contributed by atoms with Crippen LogP contribution in [0.15, 0.2) is 90.5 Å². The van der Waals surface area contributed by atoms with Crippen LogP contribution in [0.2, 0.25) is 5.02 Å². The lowest BCUT2D eigenvalue weighted by Crippen LogP contribution is -2.13. The van der Waals surface area contributed by atoms with Crippen molar-refractivity contribution in [3.05, 3.63) is 118 Å². The van der Waals surface area contributed by atoms with Gasteiger partial charge in [0.1, 0.15) is 17.5 Å². The maximum Gasteiger partial charge on any atom is 0.266 e. The highest BCUT2D eigenvalue weighted by molar-refractivity contribution is 6.31. The smallest absolute Gasteiger partial charge is 0.266 e. The molecule has 0 spiro atoms. The van der Waals surface area contributed by atoms with Crippen LogP contribution in [0.3, 0.4) is 0 Å². The van der Waals surface area contributed by atoms with Gasteiger partial charge in [0.2, 0.25) is 0 Å². The Morgan fingerprint density at radius 2 is 1.66 bits per heavy atom. The maximum atomic E-state index is 13.2. The van der Waals surface area contributed by atoms with Gasteiger partial charge in [-0.25, -0.2) is 4.39 Å². The Bertz CT molecular complexity index is 1370. The largest absolute Gasteiger partial charge is 0.321 e. The molecule has 4 aromatic carbocycles. The van der Waals surface area contributed by atoms with Gasteiger partial charge in [0, 0.05) is 10.7 Å². The zero-order valence-corrected chi connectivity index (χ0v) is 17.7. The molecule has 0 heterocycles. The van der Waals surface area contributed by atoms with Crippen LogP contribution in [0, 0.1) is 17.1 Å². The summed E-state index contributed by atoms with van der Waals surface area (Å²) in [6.07, 6.45) is 2.15. The van der Waals surface area contributed by atoms with Crippen LogP contribution in [-0.2, 0) is 11.2 Å². The first-order valence-corrected chi connectivity index (χ1v) is 10.4. The number of carbonyl (C=O) groups excluding carboxylic acids is 1. The van der Waals surface area contributed by atoms with E-state index < -0.39 is 11.7 Å². The lowest BCUT2D eigenvalue weighted by atomic mass is 9.93. The number of anilines is 1. The molecule has 0 aliphatic carbocycles. The van der Waals surface area contributed by atoms with Crippen LogP contribution in [0.1, 0.15) is 16.7 Å². The van der Waals surface area contributed by atoms with E-state index >= 15 is 0 Å². The SMILES string of the molecule is N#C/C(=C\c1c(Cc2ccccc2Cl)ccc2ccccc12)C(=O)Nc1ccc(F)cc1. The van der Waals surface area contributed by atoms with Crippen molar-refractivity contribution in [1.82, 2.24) is 0 Å². The van der Waals surface area contributed by atoms with Gasteiger partial charge < -0.3 is 5.32 Å². The molecule has 0 radical (unpaired) electrons. The molecule has 5 heteroatoms. The van der Waals surface area contributed by atoms with Crippen molar-refractivity contribution in [2.24, 2.45) is 0 Å². The number of hydrogen-bond acceptors (Lipinski definition) is 2. The number of rotatable bonds is 5. The Labute approximate surface area is 190 Å². The number of nitrogens with one attached hydrogen (secondary N) is 1. The second-order valence-corrected chi connectivity index (χ2v) is 7.67. The van der Waals surface area contributed by atoms with Crippen molar-refractivity contribution in [3.8, 4) is 6.07 Å². The fraction of sp³-hybridized carbons (Fsp3) is 0.0370. The quantitative estimate of drug-likeness (QED) is 0.275. The fourth-order valence-electron chi connectivity index (χ4n) is 3.54. The average Bonchev–Trinajstić information content (AvgIpc) is 2.81. The van der Waals surface area contributed by atoms with E-state index in [1.807, 2.05) is 66.7 Å². The maximum absolute atomic E-state index is 13.2. The molecule has 1 amide bonds. The number of carbonyl (C=O) groups is 1. The molecule has 1 N–H and O–H groups in total. The normalized spacial score (nSPS) is 11.2. The van der Waals surface area contributed by atoms with Gasteiger partial charge in [-0.1, -0.05) is 66.2 Å². The molecular weight excluding hydrogens is 423 g/mol. The first-order chi connectivity index (χ1) is 15.5. The number of hydrogen-bond donors (Lipinski definition) is 1. The summed E-state index contributed by atoms with van der Waals surface area (Å²) in [5.74, 6) is -0.963. The van der Waals surface area contributed by atoms with E-state index in [1.54, 1.807) is 6.08 Å². The summed E-state index contributed by atoms with van der Waals surface area (Å²) in [7, 11) is 0. The number of nitrogens with zero attached hydrogens (tertiary/aromatic N) is 1. The van der Waals surface area contributed by atoms with Crippen LogP contribution in [0.4, 0.5) is 10.1 Å². The minimum atomic E-state index is -0.560. The van der Waals surface area contributed by atoms with E-state index in [0.29, 0.717) is 17.1 Å². The van der Waals surface area contributed by atoms with Crippen molar-refractivity contribution >= 4 is 40.0 Å². The Hall–Kier alpha value is -3.94. The molecule has 0 saturated heterocycles. The molecule has 0 fully saturated rings. The summed E-state index contributed by atoms with van der Waals surface area (Å²) < 4.78 is 13.2. The van der Waals surface area contributed by atoms with Crippen molar-refractivity contribution in [2.45, 2.75) is 6.42 Å². The number of benzene rings is 4. The minimum absolute atomic E-state index is 0.0499. The highest BCUT2D eigenvalue weighted by Crippen LogP contribution is 2.29. The van der Waals surface area contributed by atoms with Gasteiger partial charge in [-0.15, -0.1) is 0 Å². The van der Waals surface area contributed by atoms with E-state index in [1.165, 1.54) is 24.3 Å². The molecule has 4 rings (SSSR count). The van der Waals surface area contributed by atoms with E-state index in [0.717, 1.165) is 27.5 Å². The monoisotopic (exact) mass is 440 g/mol. The predicted molar refractivity (Wildman–Crippen MR) is 127 cm³/mol. The molecule has 0 aliphatic rings. The summed E-state index contributed by atoms with van der Waals surface area (Å²) >= 11 is 6.37. The highest BCUT2D eigenvalue weighted by atomic mass is 35.5. The first-order valence-electron chi connectivity index (χ1n) is 9.98. The molecule has 0 saturated carbocycles. The summed E-state index contributed by atoms with van der Waals surface area (Å²) in [6, 6.07) is 26.8. The van der Waals surface area contributed by atoms with Crippen LogP contribution in [0.25, 0.3) is 16.8 Å². The fourth-order valence-corrected chi connectivity index (χ4v) is 3.74. The van der Waals surface area contributed by atoms with Gasteiger partial charge in [-0.2, -0.15) is 5.26 Å². The van der Waals surface area contributed by atoms with Crippen LogP contribution < -0.4 is 5.32 Å². The Kier molecular flexibility index (Phi) is 6.30. The minimum Gasteiger partial charge on any atom is -0.321 e. The standard InChI is InChI=1S/C27H18ClFN2O/c28-26-8-4-2-6-20(26)15-19-10-9-18-5-1-3-7-24(18)25(19)16-21(17-30)27(32)31-23-13-11-22(29)12-14-23/h1-14,16H,15H2,(H,31,32)/b21-16+. The summed E-state index contributed by atoms with van der Waals surface area (Å²) in [5.41, 5.74) is 3.04. The van der Waals surface area contributed by atoms with E-state index in [9.17, 15) is 14.4 Å². The topological polar surface area (TPSA) is 52.9 Å². The highest BCUT2D eigenvalue weighted by Gasteiger charge is 2.14. The van der Waals surface area contributed by atoms with Gasteiger partial charge in [-0.05, 0) is 70.3 Å².